The molecule has 0 amide bonds. The summed E-state index contributed by atoms with van der Waals surface area (Å²) in [5.74, 6) is 2.31. The lowest BCUT2D eigenvalue weighted by atomic mass is 9.66. The van der Waals surface area contributed by atoms with Crippen molar-refractivity contribution in [2.24, 2.45) is 0 Å². The Morgan fingerprint density at radius 2 is 0.883 bits per heavy atom. The molecule has 1 aliphatic heterocycles. The molecule has 278 valence electrons. The fourth-order valence-corrected chi connectivity index (χ4v) is 9.27. The van der Waals surface area contributed by atoms with Gasteiger partial charge in [-0.05, 0) is 80.9 Å². The summed E-state index contributed by atoms with van der Waals surface area (Å²) >= 11 is 0. The number of hydrogen-bond acceptors (Lipinski definition) is 5. The number of rotatable bonds is 5. The van der Waals surface area contributed by atoms with Crippen LogP contribution in [-0.4, -0.2) is 9.97 Å². The van der Waals surface area contributed by atoms with E-state index in [9.17, 15) is 10.5 Å². The summed E-state index contributed by atoms with van der Waals surface area (Å²) in [6.45, 7) is 0. The van der Waals surface area contributed by atoms with Crippen LogP contribution in [0, 0.1) is 22.7 Å². The van der Waals surface area contributed by atoms with E-state index in [-0.39, 0.29) is 0 Å². The van der Waals surface area contributed by atoms with E-state index < -0.39 is 5.41 Å². The van der Waals surface area contributed by atoms with Crippen LogP contribution >= 0.6 is 0 Å². The van der Waals surface area contributed by atoms with Gasteiger partial charge in [-0.2, -0.15) is 10.5 Å². The summed E-state index contributed by atoms with van der Waals surface area (Å²) in [5, 5.41) is 19.4. The molecule has 60 heavy (non-hydrogen) atoms. The van der Waals surface area contributed by atoms with Crippen molar-refractivity contribution in [3.8, 4) is 90.9 Å². The molecule has 5 heteroatoms. The topological polar surface area (TPSA) is 82.6 Å². The Balaban J connectivity index is 1.21. The second-order valence-corrected chi connectivity index (χ2v) is 15.1. The SMILES string of the molecule is N#Cc1cc(C#N)cc(-c2ccc(-c3cccc4c3-c3c(-c5cc(-c6ccccc6)nc(-c6ccccc6)n5)cccc3C43c4ccccc4Oc4ccccc43)cc2)c1. The second kappa shape index (κ2) is 13.9. The minimum absolute atomic E-state index is 0.455. The first-order valence-corrected chi connectivity index (χ1v) is 19.8. The van der Waals surface area contributed by atoms with Crippen LogP contribution in [0.3, 0.4) is 0 Å². The van der Waals surface area contributed by atoms with Gasteiger partial charge in [0.2, 0.25) is 0 Å². The van der Waals surface area contributed by atoms with Gasteiger partial charge in [0.25, 0.3) is 0 Å². The van der Waals surface area contributed by atoms with Crippen molar-refractivity contribution in [1.82, 2.24) is 9.97 Å². The smallest absolute Gasteiger partial charge is 0.160 e. The molecule has 1 aliphatic carbocycles. The van der Waals surface area contributed by atoms with Crippen LogP contribution in [0.25, 0.3) is 67.3 Å². The van der Waals surface area contributed by atoms with Crippen molar-refractivity contribution in [3.05, 3.63) is 228 Å². The van der Waals surface area contributed by atoms with E-state index in [2.05, 4.69) is 140 Å². The molecule has 0 fully saturated rings. The molecule has 2 heterocycles. The maximum atomic E-state index is 9.69. The van der Waals surface area contributed by atoms with E-state index >= 15 is 0 Å². The summed E-state index contributed by atoms with van der Waals surface area (Å²) in [7, 11) is 0. The standard InChI is InChI=1S/C55H32N4O/c56-33-35-29-36(34-57)31-41(30-35)37-25-27-38(28-26-37)42-17-11-21-46-52(42)53-43(49-32-48(39-13-3-1-4-14-39)58-54(59-49)40-15-5-2-6-16-40)18-12-22-47(53)55(46)44-19-7-9-23-50(44)60-51-24-10-8-20-45(51)55/h1-32H. The van der Waals surface area contributed by atoms with Gasteiger partial charge in [0, 0.05) is 27.8 Å². The van der Waals surface area contributed by atoms with Crippen molar-refractivity contribution in [3.63, 3.8) is 0 Å². The zero-order chi connectivity index (χ0) is 40.2. The lowest BCUT2D eigenvalue weighted by Crippen LogP contribution is -2.32. The van der Waals surface area contributed by atoms with Crippen LogP contribution in [0.2, 0.25) is 0 Å². The average molecular weight is 765 g/mol. The normalized spacial score (nSPS) is 12.6. The molecule has 9 aromatic rings. The molecule has 1 aromatic heterocycles. The third-order valence-corrected chi connectivity index (χ3v) is 11.8. The maximum absolute atomic E-state index is 9.69. The highest BCUT2D eigenvalue weighted by molar-refractivity contribution is 6.02. The number of aromatic nitrogens is 2. The van der Waals surface area contributed by atoms with Crippen LogP contribution in [-0.2, 0) is 5.41 Å². The van der Waals surface area contributed by atoms with Crippen LogP contribution in [0.5, 0.6) is 11.5 Å². The largest absolute Gasteiger partial charge is 0.457 e. The van der Waals surface area contributed by atoms with Gasteiger partial charge >= 0.3 is 0 Å². The van der Waals surface area contributed by atoms with Gasteiger partial charge in [-0.25, -0.2) is 9.97 Å². The number of para-hydroxylation sites is 2. The van der Waals surface area contributed by atoms with E-state index in [1.54, 1.807) is 6.07 Å². The van der Waals surface area contributed by atoms with Gasteiger partial charge in [0.15, 0.2) is 5.82 Å². The van der Waals surface area contributed by atoms with E-state index in [0.717, 1.165) is 95.2 Å². The van der Waals surface area contributed by atoms with E-state index in [0.29, 0.717) is 17.0 Å². The summed E-state index contributed by atoms with van der Waals surface area (Å²) in [6, 6.07) is 70.8. The summed E-state index contributed by atoms with van der Waals surface area (Å²) < 4.78 is 6.68. The van der Waals surface area contributed by atoms with Crippen molar-refractivity contribution in [1.29, 1.82) is 10.5 Å². The van der Waals surface area contributed by atoms with Crippen molar-refractivity contribution < 1.29 is 4.74 Å². The maximum Gasteiger partial charge on any atom is 0.160 e. The molecule has 8 aromatic carbocycles. The Hall–Kier alpha value is -8.38. The van der Waals surface area contributed by atoms with Gasteiger partial charge in [-0.15, -0.1) is 0 Å². The first-order valence-electron chi connectivity index (χ1n) is 19.8. The van der Waals surface area contributed by atoms with E-state index in [1.807, 2.05) is 60.7 Å². The Labute approximate surface area is 347 Å². The predicted octanol–water partition coefficient (Wildman–Crippen LogP) is 13.0. The molecular formula is C55H32N4O. The monoisotopic (exact) mass is 764 g/mol. The van der Waals surface area contributed by atoms with Gasteiger partial charge in [-0.1, -0.05) is 158 Å². The summed E-state index contributed by atoms with van der Waals surface area (Å²) in [5.41, 5.74) is 15.4. The summed E-state index contributed by atoms with van der Waals surface area (Å²) in [6.07, 6.45) is 0. The molecule has 5 nitrogen and oxygen atoms in total. The lowest BCUT2D eigenvalue weighted by Gasteiger charge is -2.39. The molecule has 0 N–H and O–H groups in total. The number of benzene rings is 8. The van der Waals surface area contributed by atoms with Crippen LogP contribution in [0.4, 0.5) is 0 Å². The fourth-order valence-electron chi connectivity index (χ4n) is 9.27. The van der Waals surface area contributed by atoms with Crippen molar-refractivity contribution in [2.45, 2.75) is 5.41 Å². The Kier molecular flexibility index (Phi) is 8.08. The Morgan fingerprint density at radius 1 is 0.383 bits per heavy atom. The number of nitriles is 2. The average Bonchev–Trinajstić information content (AvgIpc) is 3.62. The van der Waals surface area contributed by atoms with Crippen molar-refractivity contribution in [2.75, 3.05) is 0 Å². The molecule has 0 radical (unpaired) electrons. The number of fused-ring (bicyclic) bond motifs is 9. The highest BCUT2D eigenvalue weighted by Gasteiger charge is 2.52. The number of nitrogens with zero attached hydrogens (tertiary/aromatic N) is 4. The molecule has 0 saturated carbocycles. The lowest BCUT2D eigenvalue weighted by molar-refractivity contribution is 0.436. The minimum atomic E-state index is -0.703. The molecule has 2 aliphatic rings. The molecule has 0 atom stereocenters. The molecular weight excluding hydrogens is 733 g/mol. The predicted molar refractivity (Wildman–Crippen MR) is 236 cm³/mol. The Morgan fingerprint density at radius 3 is 1.50 bits per heavy atom. The third kappa shape index (κ3) is 5.38. The van der Waals surface area contributed by atoms with Gasteiger partial charge in [-0.3, -0.25) is 0 Å². The van der Waals surface area contributed by atoms with E-state index in [4.69, 9.17) is 14.7 Å². The highest BCUT2D eigenvalue weighted by Crippen LogP contribution is 2.64. The quantitative estimate of drug-likeness (QED) is 0.174. The second-order valence-electron chi connectivity index (χ2n) is 15.1. The van der Waals surface area contributed by atoms with Crippen LogP contribution < -0.4 is 4.74 Å². The molecule has 1 spiro atoms. The first kappa shape index (κ1) is 34.8. The molecule has 11 rings (SSSR count). The zero-order valence-electron chi connectivity index (χ0n) is 32.2. The minimum Gasteiger partial charge on any atom is -0.457 e. The molecule has 0 bridgehead atoms. The number of ether oxygens (including phenoxy) is 1. The zero-order valence-corrected chi connectivity index (χ0v) is 32.2. The first-order chi connectivity index (χ1) is 29.6. The van der Waals surface area contributed by atoms with Crippen molar-refractivity contribution >= 4 is 0 Å². The van der Waals surface area contributed by atoms with Crippen LogP contribution in [0.15, 0.2) is 194 Å². The molecule has 0 unspecified atom stereocenters. The summed E-state index contributed by atoms with van der Waals surface area (Å²) in [4.78, 5) is 10.5. The van der Waals surface area contributed by atoms with E-state index in [1.165, 1.54) is 0 Å². The third-order valence-electron chi connectivity index (χ3n) is 11.8. The molecule has 0 saturated heterocycles. The van der Waals surface area contributed by atoms with Crippen LogP contribution in [0.1, 0.15) is 33.4 Å². The van der Waals surface area contributed by atoms with Gasteiger partial charge < -0.3 is 4.74 Å². The highest BCUT2D eigenvalue weighted by atomic mass is 16.5. The van der Waals surface area contributed by atoms with Gasteiger partial charge in [0.05, 0.1) is 40.1 Å². The fraction of sp³-hybridized carbons (Fsp3) is 0.0182. The number of hydrogen-bond donors (Lipinski definition) is 0. The van der Waals surface area contributed by atoms with Gasteiger partial charge in [0.1, 0.15) is 11.5 Å². The Bertz CT molecular complexity index is 3120.